The number of carbonyl (C=O) groups is 1. The van der Waals surface area contributed by atoms with Gasteiger partial charge in [-0.3, -0.25) is 0 Å². The lowest BCUT2D eigenvalue weighted by Crippen LogP contribution is -2.23. The molecule has 17 heavy (non-hydrogen) atoms. The van der Waals surface area contributed by atoms with Crippen LogP contribution in [0.25, 0.3) is 0 Å². The average molecular weight is 252 g/mol. The van der Waals surface area contributed by atoms with Crippen LogP contribution in [0, 0.1) is 6.92 Å². The summed E-state index contributed by atoms with van der Waals surface area (Å²) in [5, 5.41) is 0. The number of ether oxygens (including phenoxy) is 1. The van der Waals surface area contributed by atoms with Crippen LogP contribution >= 0.6 is 11.3 Å². The molecule has 0 unspecified atom stereocenters. The third-order valence-electron chi connectivity index (χ3n) is 3.56. The Bertz CT molecular complexity index is 443. The fourth-order valence-corrected chi connectivity index (χ4v) is 4.26. The molecule has 3 heteroatoms. The SMILES string of the molecule is CCOC(=O)c1sc2c(c1C)C(C)(C)CCC2. The van der Waals surface area contributed by atoms with Gasteiger partial charge in [-0.05, 0) is 49.7 Å². The number of rotatable bonds is 2. The molecule has 1 aromatic rings. The zero-order valence-corrected chi connectivity index (χ0v) is 11.9. The molecule has 0 amide bonds. The van der Waals surface area contributed by atoms with Gasteiger partial charge >= 0.3 is 5.97 Å². The maximum absolute atomic E-state index is 11.9. The fraction of sp³-hybridized carbons (Fsp3) is 0.643. The number of thiophene rings is 1. The number of aryl methyl sites for hydroxylation is 1. The van der Waals surface area contributed by atoms with E-state index in [0.29, 0.717) is 6.61 Å². The lowest BCUT2D eigenvalue weighted by Gasteiger charge is -2.31. The summed E-state index contributed by atoms with van der Waals surface area (Å²) in [5.74, 6) is -0.153. The van der Waals surface area contributed by atoms with Gasteiger partial charge in [0.1, 0.15) is 4.88 Å². The Morgan fingerprint density at radius 1 is 1.47 bits per heavy atom. The van der Waals surface area contributed by atoms with Crippen molar-refractivity contribution in [1.82, 2.24) is 0 Å². The Balaban J connectivity index is 2.46. The smallest absolute Gasteiger partial charge is 0.348 e. The van der Waals surface area contributed by atoms with Gasteiger partial charge in [-0.1, -0.05) is 13.8 Å². The molecule has 0 bridgehead atoms. The van der Waals surface area contributed by atoms with Crippen LogP contribution in [-0.2, 0) is 16.6 Å². The second-order valence-corrected chi connectivity index (χ2v) is 6.42. The second-order valence-electron chi connectivity index (χ2n) is 5.31. The first-order chi connectivity index (χ1) is 7.97. The fourth-order valence-electron chi connectivity index (χ4n) is 2.84. The molecule has 2 nitrogen and oxygen atoms in total. The minimum absolute atomic E-state index is 0.153. The van der Waals surface area contributed by atoms with Crippen molar-refractivity contribution in [3.63, 3.8) is 0 Å². The van der Waals surface area contributed by atoms with Crippen LogP contribution in [0.2, 0.25) is 0 Å². The molecule has 1 aliphatic rings. The molecule has 1 aromatic heterocycles. The van der Waals surface area contributed by atoms with Crippen molar-refractivity contribution in [2.45, 2.75) is 52.4 Å². The van der Waals surface area contributed by atoms with Gasteiger partial charge in [0.05, 0.1) is 6.61 Å². The summed E-state index contributed by atoms with van der Waals surface area (Å²) in [6.45, 7) is 8.92. The molecule has 0 saturated heterocycles. The Morgan fingerprint density at radius 2 is 2.18 bits per heavy atom. The molecule has 2 rings (SSSR count). The van der Waals surface area contributed by atoms with Crippen LogP contribution in [0.3, 0.4) is 0 Å². The van der Waals surface area contributed by atoms with Gasteiger partial charge in [0.2, 0.25) is 0 Å². The van der Waals surface area contributed by atoms with Crippen molar-refractivity contribution in [2.75, 3.05) is 6.61 Å². The first-order valence-corrected chi connectivity index (χ1v) is 7.09. The molecule has 1 aliphatic carbocycles. The van der Waals surface area contributed by atoms with Crippen LogP contribution in [-0.4, -0.2) is 12.6 Å². The van der Waals surface area contributed by atoms with Gasteiger partial charge in [-0.2, -0.15) is 0 Å². The zero-order chi connectivity index (χ0) is 12.6. The molecule has 1 heterocycles. The van der Waals surface area contributed by atoms with Crippen molar-refractivity contribution < 1.29 is 9.53 Å². The average Bonchev–Trinajstić information content (AvgIpc) is 2.57. The van der Waals surface area contributed by atoms with Crippen molar-refractivity contribution in [2.24, 2.45) is 0 Å². The molecule has 0 spiro atoms. The lowest BCUT2D eigenvalue weighted by molar-refractivity contribution is 0.0531. The molecule has 0 fully saturated rings. The Hall–Kier alpha value is -0.830. The summed E-state index contributed by atoms with van der Waals surface area (Å²) in [5.41, 5.74) is 2.75. The molecule has 94 valence electrons. The first-order valence-electron chi connectivity index (χ1n) is 6.27. The van der Waals surface area contributed by atoms with E-state index in [-0.39, 0.29) is 11.4 Å². The van der Waals surface area contributed by atoms with E-state index in [1.165, 1.54) is 23.3 Å². The highest BCUT2D eigenvalue weighted by atomic mass is 32.1. The summed E-state index contributed by atoms with van der Waals surface area (Å²) < 4.78 is 5.13. The van der Waals surface area contributed by atoms with Crippen molar-refractivity contribution in [3.05, 3.63) is 20.9 Å². The topological polar surface area (TPSA) is 26.3 Å². The minimum Gasteiger partial charge on any atom is -0.462 e. The molecular weight excluding hydrogens is 232 g/mol. The highest BCUT2D eigenvalue weighted by Crippen LogP contribution is 2.44. The summed E-state index contributed by atoms with van der Waals surface area (Å²) in [7, 11) is 0. The van der Waals surface area contributed by atoms with Crippen LogP contribution in [0.5, 0.6) is 0 Å². The number of hydrogen-bond donors (Lipinski definition) is 0. The predicted molar refractivity (Wildman–Crippen MR) is 71.0 cm³/mol. The van der Waals surface area contributed by atoms with Crippen molar-refractivity contribution in [3.8, 4) is 0 Å². The van der Waals surface area contributed by atoms with Crippen LogP contribution in [0.4, 0.5) is 0 Å². The van der Waals surface area contributed by atoms with Crippen LogP contribution < -0.4 is 0 Å². The molecule has 0 N–H and O–H groups in total. The van der Waals surface area contributed by atoms with E-state index < -0.39 is 0 Å². The monoisotopic (exact) mass is 252 g/mol. The molecule has 0 saturated carbocycles. The Kier molecular flexibility index (Phi) is 3.30. The molecule has 0 atom stereocenters. The quantitative estimate of drug-likeness (QED) is 0.747. The maximum atomic E-state index is 11.9. The number of carbonyl (C=O) groups excluding carboxylic acids is 1. The predicted octanol–water partition coefficient (Wildman–Crippen LogP) is 3.85. The van der Waals surface area contributed by atoms with E-state index in [4.69, 9.17) is 4.74 Å². The van der Waals surface area contributed by atoms with Crippen molar-refractivity contribution in [1.29, 1.82) is 0 Å². The highest BCUT2D eigenvalue weighted by Gasteiger charge is 2.33. The van der Waals surface area contributed by atoms with E-state index in [2.05, 4.69) is 20.8 Å². The van der Waals surface area contributed by atoms with Gasteiger partial charge in [0.15, 0.2) is 0 Å². The van der Waals surface area contributed by atoms with E-state index in [1.54, 1.807) is 11.3 Å². The number of fused-ring (bicyclic) bond motifs is 1. The summed E-state index contributed by atoms with van der Waals surface area (Å²) in [4.78, 5) is 14.1. The maximum Gasteiger partial charge on any atom is 0.348 e. The summed E-state index contributed by atoms with van der Waals surface area (Å²) in [6.07, 6.45) is 3.55. The third kappa shape index (κ3) is 2.13. The zero-order valence-electron chi connectivity index (χ0n) is 11.1. The summed E-state index contributed by atoms with van der Waals surface area (Å²) >= 11 is 1.64. The van der Waals surface area contributed by atoms with Gasteiger partial charge in [-0.15, -0.1) is 11.3 Å². The van der Waals surface area contributed by atoms with Gasteiger partial charge in [0.25, 0.3) is 0 Å². The Labute approximate surface area is 107 Å². The Morgan fingerprint density at radius 3 is 2.76 bits per heavy atom. The van der Waals surface area contributed by atoms with Crippen LogP contribution in [0.1, 0.15) is 59.3 Å². The summed E-state index contributed by atoms with van der Waals surface area (Å²) in [6, 6.07) is 0. The van der Waals surface area contributed by atoms with E-state index >= 15 is 0 Å². The van der Waals surface area contributed by atoms with Gasteiger partial charge < -0.3 is 4.74 Å². The van der Waals surface area contributed by atoms with E-state index in [0.717, 1.165) is 16.9 Å². The van der Waals surface area contributed by atoms with E-state index in [1.807, 2.05) is 6.92 Å². The minimum atomic E-state index is -0.153. The lowest BCUT2D eigenvalue weighted by atomic mass is 9.74. The first kappa shape index (κ1) is 12.6. The third-order valence-corrected chi connectivity index (χ3v) is 4.89. The molecule has 0 aromatic carbocycles. The molecule has 0 radical (unpaired) electrons. The molecule has 0 aliphatic heterocycles. The second kappa shape index (κ2) is 4.45. The largest absolute Gasteiger partial charge is 0.462 e. The normalized spacial score (nSPS) is 17.6. The molecular formula is C14H20O2S. The van der Waals surface area contributed by atoms with E-state index in [9.17, 15) is 4.79 Å². The van der Waals surface area contributed by atoms with Gasteiger partial charge in [0, 0.05) is 4.88 Å². The number of esters is 1. The van der Waals surface area contributed by atoms with Gasteiger partial charge in [-0.25, -0.2) is 4.79 Å². The van der Waals surface area contributed by atoms with Crippen molar-refractivity contribution >= 4 is 17.3 Å². The standard InChI is InChI=1S/C14H20O2S/c1-5-16-13(15)12-9(2)11-10(17-12)7-6-8-14(11,3)4/h5-8H2,1-4H3. The number of hydrogen-bond acceptors (Lipinski definition) is 3. The highest BCUT2D eigenvalue weighted by molar-refractivity contribution is 7.14. The van der Waals surface area contributed by atoms with Crippen LogP contribution in [0.15, 0.2) is 0 Å².